The second-order valence-electron chi connectivity index (χ2n) is 3.34. The van der Waals surface area contributed by atoms with Crippen molar-refractivity contribution < 1.29 is 20.1 Å². The van der Waals surface area contributed by atoms with Gasteiger partial charge in [0, 0.05) is 6.54 Å². The zero-order valence-electron chi connectivity index (χ0n) is 8.27. The number of benzene rings is 1. The molecule has 0 aliphatic heterocycles. The molecule has 1 amide bonds. The first-order chi connectivity index (χ1) is 7.00. The van der Waals surface area contributed by atoms with Crippen molar-refractivity contribution in [3.63, 3.8) is 0 Å². The van der Waals surface area contributed by atoms with E-state index in [2.05, 4.69) is 5.32 Å². The summed E-state index contributed by atoms with van der Waals surface area (Å²) in [6.45, 7) is 2.08. The first kappa shape index (κ1) is 11.2. The smallest absolute Gasteiger partial charge is 0.404 e. The van der Waals surface area contributed by atoms with E-state index in [1.807, 2.05) is 6.92 Å². The van der Waals surface area contributed by atoms with Crippen LogP contribution in [0.1, 0.15) is 18.4 Å². The number of carbonyl (C=O) groups is 1. The summed E-state index contributed by atoms with van der Waals surface area (Å²) in [6.07, 6.45) is -1.08. The Balaban J connectivity index is 2.69. The molecule has 0 radical (unpaired) electrons. The van der Waals surface area contributed by atoms with Crippen LogP contribution in [-0.4, -0.2) is 28.0 Å². The van der Waals surface area contributed by atoms with Crippen LogP contribution in [0.2, 0.25) is 0 Å². The third-order valence-corrected chi connectivity index (χ3v) is 2.13. The Morgan fingerprint density at radius 3 is 2.60 bits per heavy atom. The molecule has 0 heterocycles. The number of phenols is 2. The Morgan fingerprint density at radius 2 is 2.07 bits per heavy atom. The van der Waals surface area contributed by atoms with Gasteiger partial charge in [0.15, 0.2) is 11.5 Å². The third kappa shape index (κ3) is 3.05. The summed E-state index contributed by atoms with van der Waals surface area (Å²) in [5.74, 6) is -0.445. The summed E-state index contributed by atoms with van der Waals surface area (Å²) in [7, 11) is 0. The molecule has 0 bridgehead atoms. The second-order valence-corrected chi connectivity index (χ2v) is 3.34. The van der Waals surface area contributed by atoms with Crippen LogP contribution >= 0.6 is 0 Å². The SMILES string of the molecule is CC(CNC(=O)O)c1ccc(O)c(O)c1. The van der Waals surface area contributed by atoms with Crippen molar-refractivity contribution in [2.45, 2.75) is 12.8 Å². The highest BCUT2D eigenvalue weighted by atomic mass is 16.4. The Bertz CT molecular complexity index is 364. The van der Waals surface area contributed by atoms with E-state index >= 15 is 0 Å². The number of rotatable bonds is 3. The summed E-state index contributed by atoms with van der Waals surface area (Å²) in [5, 5.41) is 29.0. The summed E-state index contributed by atoms with van der Waals surface area (Å²) in [5.41, 5.74) is 0.763. The fraction of sp³-hybridized carbons (Fsp3) is 0.300. The maximum atomic E-state index is 10.3. The van der Waals surface area contributed by atoms with E-state index < -0.39 is 6.09 Å². The molecule has 0 aliphatic carbocycles. The van der Waals surface area contributed by atoms with Gasteiger partial charge in [-0.05, 0) is 23.6 Å². The number of hydrogen-bond acceptors (Lipinski definition) is 3. The van der Waals surface area contributed by atoms with Gasteiger partial charge in [-0.1, -0.05) is 13.0 Å². The quantitative estimate of drug-likeness (QED) is 0.570. The lowest BCUT2D eigenvalue weighted by molar-refractivity contribution is 0.194. The summed E-state index contributed by atoms with van der Waals surface area (Å²) < 4.78 is 0. The van der Waals surface area contributed by atoms with Gasteiger partial charge in [-0.25, -0.2) is 4.79 Å². The minimum Gasteiger partial charge on any atom is -0.504 e. The summed E-state index contributed by atoms with van der Waals surface area (Å²) in [4.78, 5) is 10.3. The molecule has 0 fully saturated rings. The van der Waals surface area contributed by atoms with Crippen LogP contribution in [0.4, 0.5) is 4.79 Å². The number of nitrogens with one attached hydrogen (secondary N) is 1. The van der Waals surface area contributed by atoms with Crippen molar-refractivity contribution in [2.75, 3.05) is 6.54 Å². The Labute approximate surface area is 87.0 Å². The highest BCUT2D eigenvalue weighted by molar-refractivity contribution is 5.64. The molecular formula is C10H13NO4. The second kappa shape index (κ2) is 4.54. The van der Waals surface area contributed by atoms with Gasteiger partial charge in [0.25, 0.3) is 0 Å². The van der Waals surface area contributed by atoms with Crippen LogP contribution in [-0.2, 0) is 0 Å². The third-order valence-electron chi connectivity index (χ3n) is 2.13. The monoisotopic (exact) mass is 211 g/mol. The van der Waals surface area contributed by atoms with Crippen LogP contribution in [0, 0.1) is 0 Å². The van der Waals surface area contributed by atoms with Crippen molar-refractivity contribution in [1.29, 1.82) is 0 Å². The highest BCUT2D eigenvalue weighted by Crippen LogP contribution is 2.28. The van der Waals surface area contributed by atoms with Gasteiger partial charge in [-0.2, -0.15) is 0 Å². The van der Waals surface area contributed by atoms with Crippen LogP contribution in [0.3, 0.4) is 0 Å². The van der Waals surface area contributed by atoms with Crippen molar-refractivity contribution in [3.05, 3.63) is 23.8 Å². The molecule has 1 atom stereocenters. The van der Waals surface area contributed by atoms with Gasteiger partial charge in [-0.15, -0.1) is 0 Å². The lowest BCUT2D eigenvalue weighted by Gasteiger charge is -2.12. The van der Waals surface area contributed by atoms with Crippen molar-refractivity contribution in [3.8, 4) is 11.5 Å². The zero-order valence-corrected chi connectivity index (χ0v) is 8.27. The van der Waals surface area contributed by atoms with E-state index in [9.17, 15) is 9.90 Å². The summed E-state index contributed by atoms with van der Waals surface area (Å²) in [6, 6.07) is 4.44. The van der Waals surface area contributed by atoms with Gasteiger partial charge in [0.2, 0.25) is 0 Å². The summed E-state index contributed by atoms with van der Waals surface area (Å²) >= 11 is 0. The zero-order chi connectivity index (χ0) is 11.4. The number of aromatic hydroxyl groups is 2. The predicted molar refractivity (Wildman–Crippen MR) is 54.2 cm³/mol. The Hall–Kier alpha value is -1.91. The molecule has 1 aromatic rings. The van der Waals surface area contributed by atoms with E-state index in [1.165, 1.54) is 12.1 Å². The Morgan fingerprint density at radius 1 is 1.40 bits per heavy atom. The number of carboxylic acid groups (broad SMARTS) is 1. The molecule has 0 aromatic heterocycles. The van der Waals surface area contributed by atoms with E-state index in [0.717, 1.165) is 5.56 Å². The van der Waals surface area contributed by atoms with Gasteiger partial charge in [0.05, 0.1) is 0 Å². The van der Waals surface area contributed by atoms with Crippen molar-refractivity contribution in [2.24, 2.45) is 0 Å². The molecule has 0 spiro atoms. The van der Waals surface area contributed by atoms with Gasteiger partial charge in [0.1, 0.15) is 0 Å². The molecule has 1 aromatic carbocycles. The highest BCUT2D eigenvalue weighted by Gasteiger charge is 2.09. The molecule has 82 valence electrons. The van der Waals surface area contributed by atoms with Crippen molar-refractivity contribution in [1.82, 2.24) is 5.32 Å². The molecule has 1 unspecified atom stereocenters. The maximum Gasteiger partial charge on any atom is 0.404 e. The van der Waals surface area contributed by atoms with Crippen LogP contribution < -0.4 is 5.32 Å². The molecule has 0 saturated heterocycles. The Kier molecular flexibility index (Phi) is 3.38. The predicted octanol–water partition coefficient (Wildman–Crippen LogP) is 1.47. The number of amides is 1. The topological polar surface area (TPSA) is 89.8 Å². The molecule has 0 saturated carbocycles. The normalized spacial score (nSPS) is 12.1. The molecule has 15 heavy (non-hydrogen) atoms. The molecule has 0 aliphatic rings. The molecule has 1 rings (SSSR count). The standard InChI is InChI=1S/C10H13NO4/c1-6(5-11-10(14)15)7-2-3-8(12)9(13)4-7/h2-4,6,11-13H,5H2,1H3,(H,14,15). The average molecular weight is 211 g/mol. The number of phenolic OH excluding ortho intramolecular Hbond substituents is 2. The minimum absolute atomic E-state index is 0.0624. The van der Waals surface area contributed by atoms with Gasteiger partial charge < -0.3 is 20.6 Å². The van der Waals surface area contributed by atoms with E-state index in [4.69, 9.17) is 10.2 Å². The molecular weight excluding hydrogens is 198 g/mol. The lowest BCUT2D eigenvalue weighted by Crippen LogP contribution is -2.25. The van der Waals surface area contributed by atoms with Crippen LogP contribution in [0.15, 0.2) is 18.2 Å². The van der Waals surface area contributed by atoms with Crippen LogP contribution in [0.25, 0.3) is 0 Å². The first-order valence-electron chi connectivity index (χ1n) is 4.49. The average Bonchev–Trinajstić information content (AvgIpc) is 2.18. The largest absolute Gasteiger partial charge is 0.504 e. The van der Waals surface area contributed by atoms with Gasteiger partial charge >= 0.3 is 6.09 Å². The lowest BCUT2D eigenvalue weighted by atomic mass is 10.0. The van der Waals surface area contributed by atoms with E-state index in [-0.39, 0.29) is 24.0 Å². The van der Waals surface area contributed by atoms with Crippen molar-refractivity contribution >= 4 is 6.09 Å². The molecule has 5 heteroatoms. The maximum absolute atomic E-state index is 10.3. The molecule has 4 N–H and O–H groups in total. The fourth-order valence-corrected chi connectivity index (χ4v) is 1.21. The fourth-order valence-electron chi connectivity index (χ4n) is 1.21. The molecule has 5 nitrogen and oxygen atoms in total. The number of hydrogen-bond donors (Lipinski definition) is 4. The minimum atomic E-state index is -1.08. The van der Waals surface area contributed by atoms with E-state index in [1.54, 1.807) is 6.07 Å². The van der Waals surface area contributed by atoms with Gasteiger partial charge in [-0.3, -0.25) is 0 Å². The van der Waals surface area contributed by atoms with Crippen LogP contribution in [0.5, 0.6) is 11.5 Å². The van der Waals surface area contributed by atoms with E-state index in [0.29, 0.717) is 0 Å². The first-order valence-corrected chi connectivity index (χ1v) is 4.49.